The number of nitrogens with one attached hydrogen (secondary N) is 2. The summed E-state index contributed by atoms with van der Waals surface area (Å²) in [6.07, 6.45) is -4.69. The maximum Gasteiger partial charge on any atom is 0.417 e. The van der Waals surface area contributed by atoms with Crippen molar-refractivity contribution in [1.82, 2.24) is 9.44 Å². The van der Waals surface area contributed by atoms with Crippen molar-refractivity contribution >= 4 is 39.3 Å². The van der Waals surface area contributed by atoms with Crippen molar-refractivity contribution in [1.29, 1.82) is 0 Å². The van der Waals surface area contributed by atoms with E-state index < -0.39 is 55.9 Å². The van der Waals surface area contributed by atoms with Gasteiger partial charge in [-0.05, 0) is 24.3 Å². The molecule has 2 rings (SSSR count). The van der Waals surface area contributed by atoms with Crippen LogP contribution in [0.3, 0.4) is 0 Å². The summed E-state index contributed by atoms with van der Waals surface area (Å²) in [6, 6.07) is 5.00. The van der Waals surface area contributed by atoms with Crippen LogP contribution in [0.2, 0.25) is 10.0 Å². The molecule has 0 spiro atoms. The first-order valence-electron chi connectivity index (χ1n) is 7.57. The molecule has 0 saturated heterocycles. The van der Waals surface area contributed by atoms with E-state index in [0.717, 1.165) is 19.2 Å². The maximum absolute atomic E-state index is 14.4. The van der Waals surface area contributed by atoms with Gasteiger partial charge in [0.15, 0.2) is 5.82 Å². The first-order valence-corrected chi connectivity index (χ1v) is 9.81. The van der Waals surface area contributed by atoms with Gasteiger partial charge in [-0.3, -0.25) is 4.79 Å². The number of amides is 1. The summed E-state index contributed by atoms with van der Waals surface area (Å²) in [5, 5.41) is -1.06. The van der Waals surface area contributed by atoms with E-state index in [9.17, 15) is 30.8 Å². The largest absolute Gasteiger partial charge is 0.489 e. The predicted octanol–water partition coefficient (Wildman–Crippen LogP) is 3.92. The minimum absolute atomic E-state index is 0.0145. The molecule has 2 aromatic carbocycles. The number of ether oxygens (including phenoxy) is 1. The van der Waals surface area contributed by atoms with Crippen molar-refractivity contribution < 1.29 is 35.5 Å². The molecule has 0 heterocycles. The fourth-order valence-corrected chi connectivity index (χ4v) is 2.98. The van der Waals surface area contributed by atoms with Crippen molar-refractivity contribution in [2.75, 3.05) is 7.05 Å². The van der Waals surface area contributed by atoms with E-state index in [-0.39, 0.29) is 11.3 Å². The fourth-order valence-electron chi connectivity index (χ4n) is 2.08. The van der Waals surface area contributed by atoms with Gasteiger partial charge in [-0.25, -0.2) is 13.8 Å². The van der Waals surface area contributed by atoms with Gasteiger partial charge in [-0.1, -0.05) is 29.3 Å². The Bertz CT molecular complexity index is 1050. The number of hydrogen-bond donors (Lipinski definition) is 2. The maximum atomic E-state index is 14.4. The predicted molar refractivity (Wildman–Crippen MR) is 97.6 cm³/mol. The smallest absolute Gasteiger partial charge is 0.417 e. The Hall–Kier alpha value is -2.08. The molecule has 13 heteroatoms. The van der Waals surface area contributed by atoms with E-state index >= 15 is 0 Å². The molecule has 0 aliphatic rings. The summed E-state index contributed by atoms with van der Waals surface area (Å²) < 4.78 is 84.2. The van der Waals surface area contributed by atoms with Crippen LogP contribution in [0.5, 0.6) is 5.75 Å². The van der Waals surface area contributed by atoms with Gasteiger partial charge in [-0.15, -0.1) is 0 Å². The Morgan fingerprint density at radius 2 is 1.83 bits per heavy atom. The summed E-state index contributed by atoms with van der Waals surface area (Å²) in [6.45, 7) is -0.425. The quantitative estimate of drug-likeness (QED) is 0.621. The molecule has 0 aliphatic carbocycles. The molecule has 2 aromatic rings. The van der Waals surface area contributed by atoms with Crippen molar-refractivity contribution in [3.63, 3.8) is 0 Å². The van der Waals surface area contributed by atoms with Gasteiger partial charge in [0.1, 0.15) is 12.4 Å². The molecule has 0 unspecified atom stereocenters. The number of carbonyl (C=O) groups is 1. The molecule has 0 bridgehead atoms. The highest BCUT2D eigenvalue weighted by atomic mass is 35.5. The highest BCUT2D eigenvalue weighted by Crippen LogP contribution is 2.37. The average Bonchev–Trinajstić information content (AvgIpc) is 2.62. The van der Waals surface area contributed by atoms with E-state index in [1.165, 1.54) is 12.1 Å². The first kappa shape index (κ1) is 23.2. The zero-order valence-corrected chi connectivity index (χ0v) is 16.7. The van der Waals surface area contributed by atoms with Crippen molar-refractivity contribution in [3.8, 4) is 5.75 Å². The second-order valence-corrected chi connectivity index (χ2v) is 7.87. The van der Waals surface area contributed by atoms with Gasteiger partial charge in [0, 0.05) is 12.6 Å². The van der Waals surface area contributed by atoms with E-state index in [1.54, 1.807) is 4.72 Å². The summed E-state index contributed by atoms with van der Waals surface area (Å²) in [5.41, 5.74) is -1.74. The first-order chi connectivity index (χ1) is 13.4. The van der Waals surface area contributed by atoms with Crippen molar-refractivity contribution in [2.45, 2.75) is 12.8 Å². The molecule has 1 amide bonds. The van der Waals surface area contributed by atoms with E-state index in [2.05, 4.69) is 0 Å². The third kappa shape index (κ3) is 5.72. The normalized spacial score (nSPS) is 12.0. The highest BCUT2D eigenvalue weighted by molar-refractivity contribution is 7.88. The SMILES string of the molecule is CNS(=O)(=O)NC(=O)c1ccc(COc2ccc(Cl)c(C(F)(F)F)c2)c(Cl)c1F. The number of rotatable bonds is 6. The Labute approximate surface area is 172 Å². The minimum Gasteiger partial charge on any atom is -0.489 e. The molecular weight excluding hydrogens is 463 g/mol. The van der Waals surface area contributed by atoms with Gasteiger partial charge >= 0.3 is 16.4 Å². The third-order valence-corrected chi connectivity index (χ3v) is 5.27. The lowest BCUT2D eigenvalue weighted by Gasteiger charge is -2.13. The van der Waals surface area contributed by atoms with Crippen LogP contribution in [0.1, 0.15) is 21.5 Å². The second-order valence-electron chi connectivity index (χ2n) is 5.47. The second kappa shape index (κ2) is 8.74. The Kier molecular flexibility index (Phi) is 6.99. The van der Waals surface area contributed by atoms with Gasteiger partial charge in [-0.2, -0.15) is 21.6 Å². The molecule has 29 heavy (non-hydrogen) atoms. The zero-order valence-electron chi connectivity index (χ0n) is 14.4. The van der Waals surface area contributed by atoms with Crippen molar-refractivity contribution in [3.05, 3.63) is 62.9 Å². The molecule has 0 aromatic heterocycles. The topological polar surface area (TPSA) is 84.5 Å². The summed E-state index contributed by atoms with van der Waals surface area (Å²) >= 11 is 11.4. The molecular formula is C16H12Cl2F4N2O4S. The third-order valence-electron chi connectivity index (χ3n) is 3.54. The minimum atomic E-state index is -4.69. The van der Waals surface area contributed by atoms with Crippen LogP contribution in [0.25, 0.3) is 0 Å². The van der Waals surface area contributed by atoms with Crippen LogP contribution in [-0.4, -0.2) is 21.4 Å². The number of halogens is 6. The van der Waals surface area contributed by atoms with Crippen LogP contribution < -0.4 is 14.2 Å². The number of hydrogen-bond acceptors (Lipinski definition) is 4. The van der Waals surface area contributed by atoms with Gasteiger partial charge in [0.05, 0.1) is 21.2 Å². The van der Waals surface area contributed by atoms with Crippen LogP contribution >= 0.6 is 23.2 Å². The Morgan fingerprint density at radius 3 is 2.41 bits per heavy atom. The molecule has 0 aliphatic heterocycles. The lowest BCUT2D eigenvalue weighted by Crippen LogP contribution is -2.38. The molecule has 0 radical (unpaired) electrons. The van der Waals surface area contributed by atoms with E-state index in [4.69, 9.17) is 27.9 Å². The highest BCUT2D eigenvalue weighted by Gasteiger charge is 2.33. The van der Waals surface area contributed by atoms with Gasteiger partial charge in [0.25, 0.3) is 5.91 Å². The van der Waals surface area contributed by atoms with Crippen LogP contribution in [-0.2, 0) is 23.0 Å². The number of benzene rings is 2. The molecule has 158 valence electrons. The van der Waals surface area contributed by atoms with Crippen LogP contribution in [0.4, 0.5) is 17.6 Å². The van der Waals surface area contributed by atoms with E-state index in [0.29, 0.717) is 6.07 Å². The average molecular weight is 475 g/mol. The van der Waals surface area contributed by atoms with Crippen LogP contribution in [0.15, 0.2) is 30.3 Å². The Balaban J connectivity index is 2.22. The summed E-state index contributed by atoms with van der Waals surface area (Å²) in [4.78, 5) is 11.9. The lowest BCUT2D eigenvalue weighted by atomic mass is 10.1. The molecule has 0 fully saturated rings. The number of alkyl halides is 3. The van der Waals surface area contributed by atoms with Gasteiger partial charge < -0.3 is 4.74 Å². The number of carbonyl (C=O) groups excluding carboxylic acids is 1. The van der Waals surface area contributed by atoms with Crippen LogP contribution in [0, 0.1) is 5.82 Å². The standard InChI is InChI=1S/C16H12Cl2F4N2O4S/c1-23-29(26,27)24-15(25)10-4-2-8(13(18)14(10)19)7-28-9-3-5-12(17)11(6-9)16(20,21)22/h2-6,23H,7H2,1H3,(H,24,25). The monoisotopic (exact) mass is 474 g/mol. The van der Waals surface area contributed by atoms with Crippen molar-refractivity contribution in [2.24, 2.45) is 0 Å². The summed E-state index contributed by atoms with van der Waals surface area (Å²) in [7, 11) is -3.12. The molecule has 2 N–H and O–H groups in total. The fraction of sp³-hybridized carbons (Fsp3) is 0.188. The summed E-state index contributed by atoms with van der Waals surface area (Å²) in [5.74, 6) is -2.68. The Morgan fingerprint density at radius 1 is 1.17 bits per heavy atom. The van der Waals surface area contributed by atoms with E-state index in [1.807, 2.05) is 4.72 Å². The molecule has 6 nitrogen and oxygen atoms in total. The molecule has 0 saturated carbocycles. The van der Waals surface area contributed by atoms with Gasteiger partial charge in [0.2, 0.25) is 0 Å². The molecule has 0 atom stereocenters. The lowest BCUT2D eigenvalue weighted by molar-refractivity contribution is -0.137. The zero-order chi connectivity index (χ0) is 22.0.